The Kier molecular flexibility index (Phi) is 6.15. The van der Waals surface area contributed by atoms with E-state index in [1.165, 1.54) is 19.3 Å². The molecule has 1 aliphatic heterocycles. The van der Waals surface area contributed by atoms with Gasteiger partial charge in [-0.2, -0.15) is 0 Å². The van der Waals surface area contributed by atoms with Gasteiger partial charge in [0.25, 0.3) is 0 Å². The van der Waals surface area contributed by atoms with Crippen molar-refractivity contribution in [3.05, 3.63) is 0 Å². The molecule has 0 spiro atoms. The lowest BCUT2D eigenvalue weighted by molar-refractivity contribution is 0.178. The van der Waals surface area contributed by atoms with E-state index in [9.17, 15) is 0 Å². The van der Waals surface area contributed by atoms with Crippen molar-refractivity contribution < 1.29 is 4.74 Å². The quantitative estimate of drug-likeness (QED) is 0.602. The van der Waals surface area contributed by atoms with Gasteiger partial charge in [0, 0.05) is 12.6 Å². The van der Waals surface area contributed by atoms with Gasteiger partial charge in [0.15, 0.2) is 0 Å². The molecule has 1 rings (SSSR count). The molecule has 2 atom stereocenters. The maximum atomic E-state index is 5.37. The fourth-order valence-corrected chi connectivity index (χ4v) is 1.87. The summed E-state index contributed by atoms with van der Waals surface area (Å²) in [6, 6.07) is 0.618. The van der Waals surface area contributed by atoms with E-state index in [1.54, 1.807) is 0 Å². The van der Waals surface area contributed by atoms with Gasteiger partial charge >= 0.3 is 0 Å². The van der Waals surface area contributed by atoms with E-state index >= 15 is 0 Å². The molecule has 1 aliphatic rings. The molecule has 0 radical (unpaired) electrons. The zero-order valence-corrected chi connectivity index (χ0v) is 9.51. The van der Waals surface area contributed by atoms with Gasteiger partial charge in [0.05, 0.1) is 6.61 Å². The Morgan fingerprint density at radius 2 is 2.14 bits per heavy atom. The minimum absolute atomic E-state index is 0.618. The lowest BCUT2D eigenvalue weighted by Gasteiger charge is -2.19. The maximum Gasteiger partial charge on any atom is 0.0509 e. The molecule has 0 aromatic heterocycles. The average Bonchev–Trinajstić information content (AvgIpc) is 2.70. The third kappa shape index (κ3) is 4.40. The summed E-state index contributed by atoms with van der Waals surface area (Å²) in [5.41, 5.74) is 0. The van der Waals surface area contributed by atoms with Crippen LogP contribution in [0.4, 0.5) is 0 Å². The van der Waals surface area contributed by atoms with Crippen LogP contribution in [0, 0.1) is 5.92 Å². The van der Waals surface area contributed by atoms with Crippen LogP contribution in [-0.4, -0.2) is 39.4 Å². The van der Waals surface area contributed by atoms with Gasteiger partial charge in [-0.3, -0.25) is 0 Å². The first-order chi connectivity index (χ1) is 6.84. The Hall–Kier alpha value is -0.120. The van der Waals surface area contributed by atoms with E-state index in [1.807, 2.05) is 7.05 Å². The first-order valence-corrected chi connectivity index (χ1v) is 5.80. The van der Waals surface area contributed by atoms with Crippen LogP contribution in [-0.2, 0) is 4.74 Å². The molecule has 0 aromatic carbocycles. The summed E-state index contributed by atoms with van der Waals surface area (Å²) >= 11 is 0. The summed E-state index contributed by atoms with van der Waals surface area (Å²) in [7, 11) is 2.01. The van der Waals surface area contributed by atoms with Crippen molar-refractivity contribution in [2.75, 3.05) is 33.4 Å². The molecule has 0 amide bonds. The highest BCUT2D eigenvalue weighted by molar-refractivity contribution is 4.75. The number of unbranched alkanes of at least 4 members (excludes halogenated alkanes) is 1. The van der Waals surface area contributed by atoms with Gasteiger partial charge < -0.3 is 15.4 Å². The van der Waals surface area contributed by atoms with Gasteiger partial charge in [-0.05, 0) is 52.2 Å². The summed E-state index contributed by atoms with van der Waals surface area (Å²) in [5.74, 6) is 0.735. The lowest BCUT2D eigenvalue weighted by atomic mass is 10.0. The predicted molar refractivity (Wildman–Crippen MR) is 59.6 cm³/mol. The molecule has 0 saturated carbocycles. The summed E-state index contributed by atoms with van der Waals surface area (Å²) in [6.07, 6.45) is 3.75. The standard InChI is InChI=1S/C11H24N2O/c1-10(11-5-8-14-9-11)13-7-4-3-6-12-2/h10-13H,3-9H2,1-2H3. The highest BCUT2D eigenvalue weighted by Crippen LogP contribution is 2.16. The second kappa shape index (κ2) is 7.21. The number of hydrogen-bond acceptors (Lipinski definition) is 3. The van der Waals surface area contributed by atoms with Crippen LogP contribution < -0.4 is 10.6 Å². The highest BCUT2D eigenvalue weighted by Gasteiger charge is 2.21. The number of nitrogens with one attached hydrogen (secondary N) is 2. The number of ether oxygens (including phenoxy) is 1. The van der Waals surface area contributed by atoms with E-state index < -0.39 is 0 Å². The fraction of sp³-hybridized carbons (Fsp3) is 1.00. The number of rotatable bonds is 7. The Balaban J connectivity index is 1.94. The summed E-state index contributed by atoms with van der Waals surface area (Å²) in [6.45, 7) is 6.44. The molecular weight excluding hydrogens is 176 g/mol. The van der Waals surface area contributed by atoms with Gasteiger partial charge in [-0.1, -0.05) is 0 Å². The van der Waals surface area contributed by atoms with Crippen LogP contribution in [0.15, 0.2) is 0 Å². The van der Waals surface area contributed by atoms with Gasteiger partial charge in [-0.15, -0.1) is 0 Å². The molecule has 84 valence electrons. The van der Waals surface area contributed by atoms with Crippen LogP contribution >= 0.6 is 0 Å². The van der Waals surface area contributed by atoms with E-state index in [0.29, 0.717) is 6.04 Å². The molecule has 1 fully saturated rings. The molecule has 2 unspecified atom stereocenters. The smallest absolute Gasteiger partial charge is 0.0509 e. The molecule has 0 aliphatic carbocycles. The zero-order valence-electron chi connectivity index (χ0n) is 9.51. The summed E-state index contributed by atoms with van der Waals surface area (Å²) < 4.78 is 5.37. The van der Waals surface area contributed by atoms with Crippen molar-refractivity contribution >= 4 is 0 Å². The molecule has 3 nitrogen and oxygen atoms in total. The second-order valence-corrected chi connectivity index (χ2v) is 4.18. The number of hydrogen-bond donors (Lipinski definition) is 2. The predicted octanol–water partition coefficient (Wildman–Crippen LogP) is 1.00. The molecule has 3 heteroatoms. The van der Waals surface area contributed by atoms with Gasteiger partial charge in [-0.25, -0.2) is 0 Å². The van der Waals surface area contributed by atoms with Crippen molar-refractivity contribution in [3.8, 4) is 0 Å². The van der Waals surface area contributed by atoms with E-state index in [4.69, 9.17) is 4.74 Å². The molecule has 0 bridgehead atoms. The van der Waals surface area contributed by atoms with E-state index in [0.717, 1.165) is 32.2 Å². The maximum absolute atomic E-state index is 5.37. The van der Waals surface area contributed by atoms with Crippen molar-refractivity contribution in [1.29, 1.82) is 0 Å². The van der Waals surface area contributed by atoms with E-state index in [-0.39, 0.29) is 0 Å². The molecule has 2 N–H and O–H groups in total. The van der Waals surface area contributed by atoms with Crippen molar-refractivity contribution in [2.24, 2.45) is 5.92 Å². The normalized spacial score (nSPS) is 24.0. The van der Waals surface area contributed by atoms with Gasteiger partial charge in [0.2, 0.25) is 0 Å². The highest BCUT2D eigenvalue weighted by atomic mass is 16.5. The largest absolute Gasteiger partial charge is 0.381 e. The Labute approximate surface area is 87.6 Å². The van der Waals surface area contributed by atoms with Crippen molar-refractivity contribution in [1.82, 2.24) is 10.6 Å². The minimum Gasteiger partial charge on any atom is -0.381 e. The Bertz CT molecular complexity index is 135. The summed E-state index contributed by atoms with van der Waals surface area (Å²) in [4.78, 5) is 0. The molecule has 1 saturated heterocycles. The van der Waals surface area contributed by atoms with Crippen LogP contribution in [0.1, 0.15) is 26.2 Å². The lowest BCUT2D eigenvalue weighted by Crippen LogP contribution is -2.34. The van der Waals surface area contributed by atoms with Crippen LogP contribution in [0.5, 0.6) is 0 Å². The van der Waals surface area contributed by atoms with E-state index in [2.05, 4.69) is 17.6 Å². The van der Waals surface area contributed by atoms with Crippen LogP contribution in [0.3, 0.4) is 0 Å². The van der Waals surface area contributed by atoms with Crippen LogP contribution in [0.25, 0.3) is 0 Å². The van der Waals surface area contributed by atoms with Crippen molar-refractivity contribution in [3.63, 3.8) is 0 Å². The topological polar surface area (TPSA) is 33.3 Å². The molecule has 0 aromatic rings. The fourth-order valence-electron chi connectivity index (χ4n) is 1.87. The van der Waals surface area contributed by atoms with Crippen molar-refractivity contribution in [2.45, 2.75) is 32.2 Å². The van der Waals surface area contributed by atoms with Gasteiger partial charge in [0.1, 0.15) is 0 Å². The SMILES string of the molecule is CNCCCCNC(C)C1CCOC1. The minimum atomic E-state index is 0.618. The molecule has 14 heavy (non-hydrogen) atoms. The Morgan fingerprint density at radius 1 is 1.36 bits per heavy atom. The monoisotopic (exact) mass is 200 g/mol. The second-order valence-electron chi connectivity index (χ2n) is 4.18. The average molecular weight is 200 g/mol. The molecular formula is C11H24N2O. The Morgan fingerprint density at radius 3 is 2.79 bits per heavy atom. The summed E-state index contributed by atoms with van der Waals surface area (Å²) in [5, 5.41) is 6.74. The first-order valence-electron chi connectivity index (χ1n) is 5.80. The molecule has 1 heterocycles. The van der Waals surface area contributed by atoms with Crippen LogP contribution in [0.2, 0.25) is 0 Å². The third-order valence-corrected chi connectivity index (χ3v) is 2.99. The zero-order chi connectivity index (χ0) is 10.2. The first kappa shape index (κ1) is 12.0. The third-order valence-electron chi connectivity index (χ3n) is 2.99.